The number of hydrogen-bond donors (Lipinski definition) is 1. The summed E-state index contributed by atoms with van der Waals surface area (Å²) in [5.74, 6) is -1.42. The zero-order valence-electron chi connectivity index (χ0n) is 10.6. The summed E-state index contributed by atoms with van der Waals surface area (Å²) in [7, 11) is 1.55. The summed E-state index contributed by atoms with van der Waals surface area (Å²) < 4.78 is 39.8. The first-order valence-corrected chi connectivity index (χ1v) is 5.67. The maximum absolute atomic E-state index is 13.0. The Bertz CT molecular complexity index is 665. The number of carboxylic acid groups (broad SMARTS) is 1. The second-order valence-corrected chi connectivity index (χ2v) is 4.11. The van der Waals surface area contributed by atoms with E-state index >= 15 is 0 Å². The average Bonchev–Trinajstić information content (AvgIpc) is 2.79. The third-order valence-corrected chi connectivity index (χ3v) is 2.87. The van der Waals surface area contributed by atoms with Gasteiger partial charge in [0.1, 0.15) is 11.3 Å². The molecule has 0 saturated heterocycles. The highest BCUT2D eigenvalue weighted by Gasteiger charge is 2.36. The second-order valence-electron chi connectivity index (χ2n) is 4.11. The van der Waals surface area contributed by atoms with Crippen molar-refractivity contribution in [3.63, 3.8) is 0 Å². The van der Waals surface area contributed by atoms with Gasteiger partial charge in [0.2, 0.25) is 5.95 Å². The van der Waals surface area contributed by atoms with Gasteiger partial charge in [0.15, 0.2) is 5.65 Å². The van der Waals surface area contributed by atoms with Crippen molar-refractivity contribution in [1.29, 1.82) is 0 Å². The summed E-state index contributed by atoms with van der Waals surface area (Å²) in [5.41, 5.74) is -1.68. The number of halogens is 3. The van der Waals surface area contributed by atoms with Crippen LogP contribution in [0.2, 0.25) is 0 Å². The Kier molecular flexibility index (Phi) is 3.28. The molecule has 9 heteroatoms. The number of anilines is 1. The van der Waals surface area contributed by atoms with Crippen molar-refractivity contribution in [2.45, 2.75) is 13.1 Å². The Hall–Kier alpha value is -2.32. The number of pyridine rings is 1. The van der Waals surface area contributed by atoms with E-state index in [0.29, 0.717) is 17.0 Å². The highest BCUT2D eigenvalue weighted by atomic mass is 19.4. The molecule has 0 aliphatic carbocycles. The van der Waals surface area contributed by atoms with Gasteiger partial charge in [-0.25, -0.2) is 4.79 Å². The largest absolute Gasteiger partial charge is 0.478 e. The van der Waals surface area contributed by atoms with Crippen LogP contribution in [0, 0.1) is 0 Å². The third kappa shape index (κ3) is 2.15. The van der Waals surface area contributed by atoms with Crippen LogP contribution >= 0.6 is 0 Å². The van der Waals surface area contributed by atoms with E-state index in [-0.39, 0.29) is 17.2 Å². The molecule has 0 spiro atoms. The van der Waals surface area contributed by atoms with Crippen molar-refractivity contribution in [2.24, 2.45) is 0 Å². The van der Waals surface area contributed by atoms with Crippen LogP contribution in [0.5, 0.6) is 0 Å². The molecule has 0 radical (unpaired) electrons. The fourth-order valence-electron chi connectivity index (χ4n) is 1.76. The zero-order valence-corrected chi connectivity index (χ0v) is 10.6. The van der Waals surface area contributed by atoms with Gasteiger partial charge in [-0.15, -0.1) is 10.2 Å². The first-order valence-electron chi connectivity index (χ1n) is 5.67. The van der Waals surface area contributed by atoms with Gasteiger partial charge in [-0.1, -0.05) is 0 Å². The van der Waals surface area contributed by atoms with Crippen molar-refractivity contribution < 1.29 is 23.1 Å². The maximum atomic E-state index is 13.0. The van der Waals surface area contributed by atoms with Crippen LogP contribution in [-0.2, 0) is 6.18 Å². The van der Waals surface area contributed by atoms with Gasteiger partial charge >= 0.3 is 12.1 Å². The molecular formula is C11H11F3N4O2. The molecule has 2 heterocycles. The second kappa shape index (κ2) is 4.66. The topological polar surface area (TPSA) is 70.7 Å². The van der Waals surface area contributed by atoms with Crippen molar-refractivity contribution in [3.05, 3.63) is 23.4 Å². The van der Waals surface area contributed by atoms with E-state index in [1.54, 1.807) is 14.0 Å². The number of alkyl halides is 3. The molecule has 0 atom stereocenters. The predicted molar refractivity (Wildman–Crippen MR) is 63.9 cm³/mol. The number of aromatic nitrogens is 3. The van der Waals surface area contributed by atoms with Gasteiger partial charge < -0.3 is 10.0 Å². The normalized spacial score (nSPS) is 11.8. The van der Waals surface area contributed by atoms with Gasteiger partial charge in [-0.3, -0.25) is 4.40 Å². The molecule has 20 heavy (non-hydrogen) atoms. The van der Waals surface area contributed by atoms with Gasteiger partial charge in [-0.05, 0) is 19.1 Å². The first-order chi connectivity index (χ1) is 9.27. The molecular weight excluding hydrogens is 277 g/mol. The monoisotopic (exact) mass is 288 g/mol. The van der Waals surface area contributed by atoms with Crippen LogP contribution in [-0.4, -0.2) is 39.3 Å². The van der Waals surface area contributed by atoms with E-state index in [2.05, 4.69) is 10.2 Å². The average molecular weight is 288 g/mol. The van der Waals surface area contributed by atoms with Gasteiger partial charge in [-0.2, -0.15) is 13.2 Å². The lowest BCUT2D eigenvalue weighted by Crippen LogP contribution is -2.22. The molecule has 0 unspecified atom stereocenters. The summed E-state index contributed by atoms with van der Waals surface area (Å²) in [6.07, 6.45) is -4.64. The Balaban J connectivity index is 2.85. The van der Waals surface area contributed by atoms with Gasteiger partial charge in [0, 0.05) is 13.6 Å². The van der Waals surface area contributed by atoms with Crippen LogP contribution in [0.4, 0.5) is 19.1 Å². The molecule has 0 aliphatic heterocycles. The summed E-state index contributed by atoms with van der Waals surface area (Å²) >= 11 is 0. The number of rotatable bonds is 3. The molecule has 0 aromatic carbocycles. The maximum Gasteiger partial charge on any atom is 0.431 e. The summed E-state index contributed by atoms with van der Waals surface area (Å²) in [4.78, 5) is 12.5. The fraction of sp³-hybridized carbons (Fsp3) is 0.364. The highest BCUT2D eigenvalue weighted by molar-refractivity contribution is 5.94. The lowest BCUT2D eigenvalue weighted by atomic mass is 10.2. The van der Waals surface area contributed by atoms with E-state index in [9.17, 15) is 18.0 Å². The first kappa shape index (κ1) is 14.1. The summed E-state index contributed by atoms with van der Waals surface area (Å²) in [6.45, 7) is 2.13. The molecule has 6 nitrogen and oxygen atoms in total. The van der Waals surface area contributed by atoms with Crippen LogP contribution in [0.3, 0.4) is 0 Å². The predicted octanol–water partition coefficient (Wildman–Crippen LogP) is 1.90. The van der Waals surface area contributed by atoms with Gasteiger partial charge in [0.05, 0.1) is 0 Å². The zero-order chi connectivity index (χ0) is 15.1. The minimum absolute atomic E-state index is 0.0575. The minimum Gasteiger partial charge on any atom is -0.478 e. The number of hydrogen-bond acceptors (Lipinski definition) is 4. The summed E-state index contributed by atoms with van der Waals surface area (Å²) in [6, 6.07) is 1.59. The van der Waals surface area contributed by atoms with Crippen molar-refractivity contribution in [3.8, 4) is 0 Å². The molecule has 0 aliphatic rings. The standard InChI is InChI=1S/C11H11F3N4O2/c1-3-17(2)10-16-15-8-6(9(19)20)4-5-7(18(8)10)11(12,13)14/h4-5H,3H2,1-2H3,(H,19,20). The fourth-order valence-corrected chi connectivity index (χ4v) is 1.76. The quantitative estimate of drug-likeness (QED) is 0.934. The van der Waals surface area contributed by atoms with E-state index in [0.717, 1.165) is 6.07 Å². The lowest BCUT2D eigenvalue weighted by molar-refractivity contribution is -0.141. The summed E-state index contributed by atoms with van der Waals surface area (Å²) in [5, 5.41) is 16.2. The molecule has 0 fully saturated rings. The van der Waals surface area contributed by atoms with E-state index < -0.39 is 17.8 Å². The molecule has 2 rings (SSSR count). The molecule has 108 valence electrons. The van der Waals surface area contributed by atoms with Crippen molar-refractivity contribution >= 4 is 17.6 Å². The molecule has 0 saturated carbocycles. The van der Waals surface area contributed by atoms with E-state index in [4.69, 9.17) is 5.11 Å². The molecule has 0 bridgehead atoms. The van der Waals surface area contributed by atoms with Gasteiger partial charge in [0.25, 0.3) is 0 Å². The Morgan fingerprint density at radius 3 is 2.55 bits per heavy atom. The number of aromatic carboxylic acids is 1. The Morgan fingerprint density at radius 1 is 1.40 bits per heavy atom. The molecule has 2 aromatic rings. The molecule has 2 aromatic heterocycles. The van der Waals surface area contributed by atoms with Crippen molar-refractivity contribution in [2.75, 3.05) is 18.5 Å². The lowest BCUT2D eigenvalue weighted by Gasteiger charge is -2.17. The van der Waals surface area contributed by atoms with Crippen molar-refractivity contribution in [1.82, 2.24) is 14.6 Å². The smallest absolute Gasteiger partial charge is 0.431 e. The Morgan fingerprint density at radius 2 is 2.05 bits per heavy atom. The SMILES string of the molecule is CCN(C)c1nnc2c(C(=O)O)ccc(C(F)(F)F)n12. The van der Waals surface area contributed by atoms with E-state index in [1.807, 2.05) is 0 Å². The molecule has 1 N–H and O–H groups in total. The third-order valence-electron chi connectivity index (χ3n) is 2.87. The Labute approximate surface area is 111 Å². The number of fused-ring (bicyclic) bond motifs is 1. The highest BCUT2D eigenvalue weighted by Crippen LogP contribution is 2.32. The number of nitrogens with zero attached hydrogens (tertiary/aromatic N) is 4. The van der Waals surface area contributed by atoms with E-state index in [1.165, 1.54) is 4.90 Å². The number of carboxylic acids is 1. The van der Waals surface area contributed by atoms with Crippen LogP contribution < -0.4 is 4.90 Å². The number of carbonyl (C=O) groups is 1. The minimum atomic E-state index is -4.64. The van der Waals surface area contributed by atoms with Crippen LogP contribution in [0.15, 0.2) is 12.1 Å². The molecule has 0 amide bonds. The van der Waals surface area contributed by atoms with Crippen LogP contribution in [0.1, 0.15) is 23.0 Å². The van der Waals surface area contributed by atoms with Crippen LogP contribution in [0.25, 0.3) is 5.65 Å².